The Labute approximate surface area is 317 Å². The average molecular weight is 702 g/mol. The van der Waals surface area contributed by atoms with E-state index in [1.165, 1.54) is 49.0 Å². The first-order valence-electron chi connectivity index (χ1n) is 18.5. The number of fused-ring (bicyclic) bond motifs is 9. The summed E-state index contributed by atoms with van der Waals surface area (Å²) in [6, 6.07) is 65.9. The van der Waals surface area contributed by atoms with E-state index in [1.807, 2.05) is 66.7 Å². The van der Waals surface area contributed by atoms with Crippen molar-refractivity contribution >= 4 is 54.3 Å². The average Bonchev–Trinajstić information content (AvgIpc) is 3.64. The van der Waals surface area contributed by atoms with E-state index in [0.29, 0.717) is 17.5 Å². The van der Waals surface area contributed by atoms with Crippen molar-refractivity contribution in [2.45, 2.75) is 0 Å². The molecule has 0 saturated heterocycles. The molecular formula is C51H31N3O. The Morgan fingerprint density at radius 1 is 0.255 bits per heavy atom. The Balaban J connectivity index is 1.02. The molecule has 0 aliphatic carbocycles. The molecule has 11 aromatic rings. The monoisotopic (exact) mass is 701 g/mol. The predicted molar refractivity (Wildman–Crippen MR) is 227 cm³/mol. The van der Waals surface area contributed by atoms with Crippen molar-refractivity contribution in [2.75, 3.05) is 0 Å². The molecule has 11 rings (SSSR count). The van der Waals surface area contributed by atoms with Gasteiger partial charge >= 0.3 is 0 Å². The van der Waals surface area contributed by atoms with Crippen LogP contribution in [0.3, 0.4) is 0 Å². The summed E-state index contributed by atoms with van der Waals surface area (Å²) in [6.07, 6.45) is 0. The van der Waals surface area contributed by atoms with Crippen LogP contribution in [0.5, 0.6) is 0 Å². The molecule has 0 radical (unpaired) electrons. The molecular weight excluding hydrogens is 671 g/mol. The summed E-state index contributed by atoms with van der Waals surface area (Å²) < 4.78 is 6.50. The third-order valence-electron chi connectivity index (χ3n) is 10.7. The lowest BCUT2D eigenvalue weighted by Gasteiger charge is -2.14. The quantitative estimate of drug-likeness (QED) is 0.168. The van der Waals surface area contributed by atoms with Gasteiger partial charge in [-0.3, -0.25) is 0 Å². The zero-order valence-electron chi connectivity index (χ0n) is 29.6. The van der Waals surface area contributed by atoms with Gasteiger partial charge in [-0.15, -0.1) is 0 Å². The molecule has 0 amide bonds. The number of rotatable bonds is 5. The van der Waals surface area contributed by atoms with Crippen molar-refractivity contribution in [2.24, 2.45) is 0 Å². The highest BCUT2D eigenvalue weighted by Crippen LogP contribution is 2.41. The van der Waals surface area contributed by atoms with Crippen molar-refractivity contribution in [3.05, 3.63) is 188 Å². The number of furan rings is 1. The normalized spacial score (nSPS) is 11.6. The van der Waals surface area contributed by atoms with Crippen LogP contribution in [0.1, 0.15) is 0 Å². The van der Waals surface area contributed by atoms with E-state index in [1.54, 1.807) is 0 Å². The minimum absolute atomic E-state index is 0.598. The van der Waals surface area contributed by atoms with Gasteiger partial charge in [0, 0.05) is 27.5 Å². The van der Waals surface area contributed by atoms with Gasteiger partial charge in [0.05, 0.1) is 0 Å². The van der Waals surface area contributed by atoms with Gasteiger partial charge in [0.2, 0.25) is 0 Å². The van der Waals surface area contributed by atoms with Gasteiger partial charge in [-0.1, -0.05) is 158 Å². The van der Waals surface area contributed by atoms with Gasteiger partial charge in [0.15, 0.2) is 17.5 Å². The number of benzene rings is 9. The topological polar surface area (TPSA) is 51.8 Å². The van der Waals surface area contributed by atoms with Gasteiger partial charge in [-0.2, -0.15) is 0 Å². The number of aromatic nitrogens is 3. The van der Waals surface area contributed by atoms with Crippen molar-refractivity contribution in [3.63, 3.8) is 0 Å². The summed E-state index contributed by atoms with van der Waals surface area (Å²) in [5.74, 6) is 1.86. The minimum atomic E-state index is 0.598. The molecule has 4 nitrogen and oxygen atoms in total. The first-order chi connectivity index (χ1) is 27.2. The molecule has 0 fully saturated rings. The third-order valence-corrected chi connectivity index (χ3v) is 10.7. The fourth-order valence-corrected chi connectivity index (χ4v) is 8.08. The number of nitrogens with zero attached hydrogens (tertiary/aromatic N) is 3. The highest BCUT2D eigenvalue weighted by Gasteiger charge is 2.17. The summed E-state index contributed by atoms with van der Waals surface area (Å²) in [5.41, 5.74) is 9.05. The van der Waals surface area contributed by atoms with Gasteiger partial charge in [0.1, 0.15) is 11.2 Å². The van der Waals surface area contributed by atoms with Gasteiger partial charge < -0.3 is 4.42 Å². The largest absolute Gasteiger partial charge is 0.456 e. The van der Waals surface area contributed by atoms with Crippen molar-refractivity contribution < 1.29 is 4.42 Å². The second kappa shape index (κ2) is 12.6. The molecule has 0 bridgehead atoms. The van der Waals surface area contributed by atoms with E-state index in [4.69, 9.17) is 19.4 Å². The van der Waals surface area contributed by atoms with E-state index in [9.17, 15) is 0 Å². The molecule has 0 saturated carbocycles. The summed E-state index contributed by atoms with van der Waals surface area (Å²) >= 11 is 0. The predicted octanol–water partition coefficient (Wildman–Crippen LogP) is 13.6. The lowest BCUT2D eigenvalue weighted by Crippen LogP contribution is -2.00. The van der Waals surface area contributed by atoms with Crippen molar-refractivity contribution in [3.8, 4) is 56.4 Å². The molecule has 2 aromatic heterocycles. The Hall–Kier alpha value is -7.43. The van der Waals surface area contributed by atoms with E-state index < -0.39 is 0 Å². The summed E-state index contributed by atoms with van der Waals surface area (Å²) in [4.78, 5) is 14.7. The van der Waals surface area contributed by atoms with Crippen molar-refractivity contribution in [1.29, 1.82) is 0 Å². The molecule has 55 heavy (non-hydrogen) atoms. The van der Waals surface area contributed by atoms with Crippen LogP contribution >= 0.6 is 0 Å². The first kappa shape index (κ1) is 31.1. The SMILES string of the molecule is c1ccc(-c2nc(-c3ccccc3)nc(-c3ccc4c(c3)oc3ccc(-c5ccccc5-c5ccc6c7ccccc7c7ccccc7c6c5)cc34)n2)cc1. The van der Waals surface area contributed by atoms with Crippen LogP contribution in [0, 0.1) is 0 Å². The molecule has 256 valence electrons. The maximum Gasteiger partial charge on any atom is 0.164 e. The van der Waals surface area contributed by atoms with Crippen LogP contribution < -0.4 is 0 Å². The second-order valence-corrected chi connectivity index (χ2v) is 14.0. The Morgan fingerprint density at radius 3 is 1.25 bits per heavy atom. The lowest BCUT2D eigenvalue weighted by molar-refractivity contribution is 0.669. The zero-order chi connectivity index (χ0) is 36.3. The van der Waals surface area contributed by atoms with Crippen LogP contribution in [0.25, 0.3) is 111 Å². The van der Waals surface area contributed by atoms with E-state index >= 15 is 0 Å². The number of hydrogen-bond donors (Lipinski definition) is 0. The van der Waals surface area contributed by atoms with Crippen LogP contribution in [-0.2, 0) is 0 Å². The third kappa shape index (κ3) is 5.26. The summed E-state index contributed by atoms with van der Waals surface area (Å²) in [7, 11) is 0. The Bertz CT molecular complexity index is 3170. The molecule has 4 heteroatoms. The number of hydrogen-bond acceptors (Lipinski definition) is 4. The Kier molecular flexibility index (Phi) is 7.14. The molecule has 9 aromatic carbocycles. The lowest BCUT2D eigenvalue weighted by atomic mass is 9.89. The van der Waals surface area contributed by atoms with Gasteiger partial charge in [-0.05, 0) is 84.9 Å². The summed E-state index contributed by atoms with van der Waals surface area (Å²) in [5, 5.41) is 9.75. The molecule has 0 atom stereocenters. The van der Waals surface area contributed by atoms with Crippen LogP contribution in [0.15, 0.2) is 192 Å². The van der Waals surface area contributed by atoms with Gasteiger partial charge in [0.25, 0.3) is 0 Å². The Morgan fingerprint density at radius 2 is 0.673 bits per heavy atom. The maximum absolute atomic E-state index is 6.50. The maximum atomic E-state index is 6.50. The van der Waals surface area contributed by atoms with E-state index in [0.717, 1.165) is 44.2 Å². The van der Waals surface area contributed by atoms with Crippen LogP contribution in [-0.4, -0.2) is 15.0 Å². The molecule has 0 unspecified atom stereocenters. The standard InChI is InChI=1S/C51H31N3O/c1-3-13-32(14-4-1)49-52-50(33-15-5-2-6-16-33)54-51(53-49)36-24-27-44-46-30-35(25-28-47(46)55-48(44)31-36)38-18-8-7-17-37(38)34-23-26-43-41-21-10-9-19-39(41)40-20-11-12-22-42(40)45(43)29-34/h1-31H. The molecule has 0 spiro atoms. The van der Waals surface area contributed by atoms with Crippen LogP contribution in [0.2, 0.25) is 0 Å². The van der Waals surface area contributed by atoms with Crippen LogP contribution in [0.4, 0.5) is 0 Å². The highest BCUT2D eigenvalue weighted by atomic mass is 16.3. The van der Waals surface area contributed by atoms with Gasteiger partial charge in [-0.25, -0.2) is 15.0 Å². The molecule has 0 N–H and O–H groups in total. The minimum Gasteiger partial charge on any atom is -0.456 e. The van der Waals surface area contributed by atoms with E-state index in [-0.39, 0.29) is 0 Å². The molecule has 0 aliphatic rings. The zero-order valence-corrected chi connectivity index (χ0v) is 29.6. The second-order valence-electron chi connectivity index (χ2n) is 14.0. The summed E-state index contributed by atoms with van der Waals surface area (Å²) in [6.45, 7) is 0. The highest BCUT2D eigenvalue weighted by molar-refractivity contribution is 6.25. The van der Waals surface area contributed by atoms with Crippen molar-refractivity contribution in [1.82, 2.24) is 15.0 Å². The first-order valence-corrected chi connectivity index (χ1v) is 18.5. The molecule has 0 aliphatic heterocycles. The van der Waals surface area contributed by atoms with E-state index in [2.05, 4.69) is 121 Å². The smallest absolute Gasteiger partial charge is 0.164 e. The fraction of sp³-hybridized carbons (Fsp3) is 0. The fourth-order valence-electron chi connectivity index (χ4n) is 8.08. The molecule has 2 heterocycles.